The molecule has 2 heterocycles. The Bertz CT molecular complexity index is 761. The van der Waals surface area contributed by atoms with E-state index in [-0.39, 0.29) is 5.91 Å². The molecule has 0 spiro atoms. The Morgan fingerprint density at radius 2 is 2.13 bits per heavy atom. The molecule has 3 rings (SSSR count). The first-order chi connectivity index (χ1) is 11.0. The summed E-state index contributed by atoms with van der Waals surface area (Å²) in [7, 11) is 1.33. The zero-order chi connectivity index (χ0) is 16.6. The summed E-state index contributed by atoms with van der Waals surface area (Å²) in [6.45, 7) is 3.64. The first-order valence-electron chi connectivity index (χ1n) is 7.49. The topological polar surface area (TPSA) is 97.0 Å². The third-order valence-corrected chi connectivity index (χ3v) is 4.89. The Labute approximate surface area is 137 Å². The van der Waals surface area contributed by atoms with Crippen LogP contribution < -0.4 is 5.32 Å². The molecule has 2 aromatic heterocycles. The SMILES string of the molecule is CCc1[nH]c(C(=O)Nc2nnc(C3CC3)s2)c(C)c1C(=O)OC. The van der Waals surface area contributed by atoms with E-state index in [2.05, 4.69) is 20.5 Å². The van der Waals surface area contributed by atoms with E-state index < -0.39 is 5.97 Å². The number of methoxy groups -OCH3 is 1. The fraction of sp³-hybridized carbons (Fsp3) is 0.467. The number of H-pyrrole nitrogens is 1. The Balaban J connectivity index is 1.83. The van der Waals surface area contributed by atoms with E-state index in [0.717, 1.165) is 17.8 Å². The number of aromatic nitrogens is 3. The van der Waals surface area contributed by atoms with Crippen LogP contribution in [0.3, 0.4) is 0 Å². The van der Waals surface area contributed by atoms with Crippen molar-refractivity contribution in [2.45, 2.75) is 39.0 Å². The average molecular weight is 334 g/mol. The Morgan fingerprint density at radius 1 is 1.39 bits per heavy atom. The fourth-order valence-electron chi connectivity index (χ4n) is 2.47. The average Bonchev–Trinajstić information content (AvgIpc) is 3.20. The van der Waals surface area contributed by atoms with E-state index >= 15 is 0 Å². The smallest absolute Gasteiger partial charge is 0.339 e. The van der Waals surface area contributed by atoms with Crippen LogP contribution in [-0.4, -0.2) is 34.2 Å². The van der Waals surface area contributed by atoms with Crippen molar-refractivity contribution < 1.29 is 14.3 Å². The van der Waals surface area contributed by atoms with Crippen molar-refractivity contribution in [1.29, 1.82) is 0 Å². The van der Waals surface area contributed by atoms with Gasteiger partial charge in [0, 0.05) is 11.6 Å². The number of hydrogen-bond acceptors (Lipinski definition) is 6. The van der Waals surface area contributed by atoms with Crippen LogP contribution in [0.5, 0.6) is 0 Å². The second-order valence-electron chi connectivity index (χ2n) is 5.50. The van der Waals surface area contributed by atoms with E-state index in [0.29, 0.717) is 40.0 Å². The van der Waals surface area contributed by atoms with Gasteiger partial charge in [-0.3, -0.25) is 10.1 Å². The predicted octanol–water partition coefficient (Wildman–Crippen LogP) is 2.65. The van der Waals surface area contributed by atoms with Crippen LogP contribution in [0.1, 0.15) is 62.8 Å². The number of aromatic amines is 1. The highest BCUT2D eigenvalue weighted by atomic mass is 32.1. The number of aryl methyl sites for hydroxylation is 1. The first kappa shape index (κ1) is 15.7. The third kappa shape index (κ3) is 2.98. The molecule has 23 heavy (non-hydrogen) atoms. The molecule has 1 fully saturated rings. The van der Waals surface area contributed by atoms with Gasteiger partial charge in [-0.1, -0.05) is 18.3 Å². The van der Waals surface area contributed by atoms with Gasteiger partial charge in [-0.05, 0) is 31.7 Å². The van der Waals surface area contributed by atoms with Gasteiger partial charge in [-0.15, -0.1) is 10.2 Å². The number of esters is 1. The number of nitrogens with zero attached hydrogens (tertiary/aromatic N) is 2. The van der Waals surface area contributed by atoms with Gasteiger partial charge in [0.25, 0.3) is 5.91 Å². The highest BCUT2D eigenvalue weighted by Crippen LogP contribution is 2.42. The Kier molecular flexibility index (Phi) is 4.16. The highest BCUT2D eigenvalue weighted by Gasteiger charge is 2.28. The van der Waals surface area contributed by atoms with Crippen LogP contribution in [-0.2, 0) is 11.2 Å². The van der Waals surface area contributed by atoms with Gasteiger partial charge in [0.05, 0.1) is 12.7 Å². The lowest BCUT2D eigenvalue weighted by atomic mass is 10.1. The minimum atomic E-state index is -0.443. The molecule has 2 aromatic rings. The van der Waals surface area contributed by atoms with E-state index in [1.165, 1.54) is 18.4 Å². The van der Waals surface area contributed by atoms with Crippen molar-refractivity contribution in [2.24, 2.45) is 0 Å². The third-order valence-electron chi connectivity index (χ3n) is 3.89. The molecule has 1 aliphatic carbocycles. The van der Waals surface area contributed by atoms with E-state index in [9.17, 15) is 9.59 Å². The lowest BCUT2D eigenvalue weighted by molar-refractivity contribution is 0.0599. The molecule has 1 saturated carbocycles. The zero-order valence-electron chi connectivity index (χ0n) is 13.2. The minimum absolute atomic E-state index is 0.328. The molecule has 1 amide bonds. The molecule has 0 atom stereocenters. The molecule has 0 unspecified atom stereocenters. The number of anilines is 1. The summed E-state index contributed by atoms with van der Waals surface area (Å²) < 4.78 is 4.80. The number of ether oxygens (including phenoxy) is 1. The van der Waals surface area contributed by atoms with E-state index in [4.69, 9.17) is 4.74 Å². The van der Waals surface area contributed by atoms with Gasteiger partial charge >= 0.3 is 5.97 Å². The number of amides is 1. The molecule has 0 aromatic carbocycles. The van der Waals surface area contributed by atoms with Crippen LogP contribution >= 0.6 is 11.3 Å². The summed E-state index contributed by atoms with van der Waals surface area (Å²) in [6, 6.07) is 0. The summed E-state index contributed by atoms with van der Waals surface area (Å²) >= 11 is 1.40. The Morgan fingerprint density at radius 3 is 2.74 bits per heavy atom. The lowest BCUT2D eigenvalue weighted by Crippen LogP contribution is -2.14. The number of carbonyl (C=O) groups excluding carboxylic acids is 2. The predicted molar refractivity (Wildman–Crippen MR) is 86.1 cm³/mol. The van der Waals surface area contributed by atoms with Gasteiger partial charge in [-0.2, -0.15) is 0 Å². The molecule has 122 valence electrons. The van der Waals surface area contributed by atoms with Crippen molar-refractivity contribution in [3.8, 4) is 0 Å². The van der Waals surface area contributed by atoms with Gasteiger partial charge in [0.2, 0.25) is 5.13 Å². The first-order valence-corrected chi connectivity index (χ1v) is 8.31. The molecule has 0 aliphatic heterocycles. The maximum Gasteiger partial charge on any atom is 0.339 e. The molecule has 1 aliphatic rings. The second kappa shape index (κ2) is 6.11. The van der Waals surface area contributed by atoms with Gasteiger partial charge in [-0.25, -0.2) is 4.79 Å². The standard InChI is InChI=1S/C15H18N4O3S/c1-4-9-10(14(21)22-3)7(2)11(16-9)12(20)17-15-19-18-13(23-15)8-5-6-8/h8,16H,4-6H2,1-3H3,(H,17,19,20). The summed E-state index contributed by atoms with van der Waals surface area (Å²) in [6.07, 6.45) is 2.88. The monoisotopic (exact) mass is 334 g/mol. The molecule has 0 bridgehead atoms. The molecular weight excluding hydrogens is 316 g/mol. The van der Waals surface area contributed by atoms with Crippen molar-refractivity contribution in [3.63, 3.8) is 0 Å². The number of rotatable bonds is 5. The fourth-order valence-corrected chi connectivity index (χ4v) is 3.38. The molecule has 0 radical (unpaired) electrons. The molecule has 7 nitrogen and oxygen atoms in total. The summed E-state index contributed by atoms with van der Waals surface area (Å²) in [4.78, 5) is 27.4. The van der Waals surface area contributed by atoms with Crippen molar-refractivity contribution in [3.05, 3.63) is 27.5 Å². The molecule has 2 N–H and O–H groups in total. The summed E-state index contributed by atoms with van der Waals surface area (Å²) in [5.74, 6) is -0.268. The van der Waals surface area contributed by atoms with E-state index in [1.54, 1.807) is 6.92 Å². The van der Waals surface area contributed by atoms with Crippen molar-refractivity contribution in [1.82, 2.24) is 15.2 Å². The van der Waals surface area contributed by atoms with Gasteiger partial charge < -0.3 is 9.72 Å². The minimum Gasteiger partial charge on any atom is -0.465 e. The van der Waals surface area contributed by atoms with Crippen LogP contribution in [0.4, 0.5) is 5.13 Å². The van der Waals surface area contributed by atoms with Crippen LogP contribution in [0.25, 0.3) is 0 Å². The quantitative estimate of drug-likeness (QED) is 0.819. The van der Waals surface area contributed by atoms with Gasteiger partial charge in [0.1, 0.15) is 10.7 Å². The van der Waals surface area contributed by atoms with Crippen molar-refractivity contribution >= 4 is 28.3 Å². The largest absolute Gasteiger partial charge is 0.465 e. The Hall–Kier alpha value is -2.22. The van der Waals surface area contributed by atoms with Crippen LogP contribution in [0.2, 0.25) is 0 Å². The maximum absolute atomic E-state index is 12.5. The highest BCUT2D eigenvalue weighted by molar-refractivity contribution is 7.15. The number of carbonyl (C=O) groups is 2. The summed E-state index contributed by atoms with van der Waals surface area (Å²) in [5, 5.41) is 12.3. The van der Waals surface area contributed by atoms with Crippen molar-refractivity contribution in [2.75, 3.05) is 12.4 Å². The normalized spacial score (nSPS) is 13.9. The molecular formula is C15H18N4O3S. The molecule has 0 saturated heterocycles. The van der Waals surface area contributed by atoms with Crippen LogP contribution in [0, 0.1) is 6.92 Å². The summed E-state index contributed by atoms with van der Waals surface area (Å²) in [5.41, 5.74) is 2.05. The second-order valence-corrected chi connectivity index (χ2v) is 6.51. The lowest BCUT2D eigenvalue weighted by Gasteiger charge is -2.01. The molecule has 8 heteroatoms. The number of hydrogen-bond donors (Lipinski definition) is 2. The maximum atomic E-state index is 12.5. The zero-order valence-corrected chi connectivity index (χ0v) is 14.0. The van der Waals surface area contributed by atoms with Crippen LogP contribution in [0.15, 0.2) is 0 Å². The number of nitrogens with one attached hydrogen (secondary N) is 2. The van der Waals surface area contributed by atoms with E-state index in [1.807, 2.05) is 6.92 Å². The van der Waals surface area contributed by atoms with Gasteiger partial charge in [0.15, 0.2) is 0 Å².